The number of nitrogens with two attached hydrogens (primary N) is 1. The largest absolute Gasteiger partial charge is 0.298 e. The molecule has 0 amide bonds. The highest BCUT2D eigenvalue weighted by molar-refractivity contribution is 5.87. The maximum atomic E-state index is 12.0. The van der Waals surface area contributed by atoms with Gasteiger partial charge >= 0.3 is 0 Å². The van der Waals surface area contributed by atoms with Crippen LogP contribution in [0.2, 0.25) is 0 Å². The third kappa shape index (κ3) is 1.15. The first kappa shape index (κ1) is 10.1. The van der Waals surface area contributed by atoms with Crippen LogP contribution in [-0.4, -0.2) is 23.4 Å². The van der Waals surface area contributed by atoms with Crippen molar-refractivity contribution < 1.29 is 4.79 Å². The Labute approximate surface area is 85.6 Å². The zero-order valence-corrected chi connectivity index (χ0v) is 9.45. The Balaban J connectivity index is 2.15. The lowest BCUT2D eigenvalue weighted by atomic mass is 9.94. The summed E-state index contributed by atoms with van der Waals surface area (Å²) in [7, 11) is 0. The lowest BCUT2D eigenvalue weighted by Crippen LogP contribution is -2.47. The number of hydrogen-bond donors (Lipinski definition) is 1. The topological polar surface area (TPSA) is 46.3 Å². The van der Waals surface area contributed by atoms with Crippen LogP contribution >= 0.6 is 0 Å². The van der Waals surface area contributed by atoms with Crippen molar-refractivity contribution in [1.29, 1.82) is 0 Å². The maximum Gasteiger partial charge on any atom is 0.154 e. The molecule has 3 atom stereocenters. The predicted molar refractivity (Wildman–Crippen MR) is 55.3 cm³/mol. The van der Waals surface area contributed by atoms with Crippen LogP contribution in [0.15, 0.2) is 0 Å². The highest BCUT2D eigenvalue weighted by Gasteiger charge is 2.67. The van der Waals surface area contributed by atoms with Crippen molar-refractivity contribution in [2.75, 3.05) is 6.54 Å². The molecule has 80 valence electrons. The Hall–Kier alpha value is -0.410. The van der Waals surface area contributed by atoms with Gasteiger partial charge in [0.2, 0.25) is 0 Å². The molecule has 2 fully saturated rings. The summed E-state index contributed by atoms with van der Waals surface area (Å²) in [6, 6.07) is -0.0185. The van der Waals surface area contributed by atoms with Crippen molar-refractivity contribution in [3.05, 3.63) is 0 Å². The van der Waals surface area contributed by atoms with Crippen molar-refractivity contribution in [2.45, 2.75) is 33.7 Å². The van der Waals surface area contributed by atoms with E-state index in [1.165, 1.54) is 0 Å². The Morgan fingerprint density at radius 1 is 1.50 bits per heavy atom. The summed E-state index contributed by atoms with van der Waals surface area (Å²) >= 11 is 0. The van der Waals surface area contributed by atoms with Gasteiger partial charge in [0.25, 0.3) is 0 Å². The quantitative estimate of drug-likeness (QED) is 0.671. The zero-order chi connectivity index (χ0) is 10.7. The molecule has 2 N–H and O–H groups in total. The average molecular weight is 196 g/mol. The average Bonchev–Trinajstić information content (AvgIpc) is 2.43. The Morgan fingerprint density at radius 3 is 2.50 bits per heavy atom. The van der Waals surface area contributed by atoms with Gasteiger partial charge in [-0.3, -0.25) is 10.6 Å². The first-order valence-electron chi connectivity index (χ1n) is 5.42. The molecule has 1 heterocycles. The predicted octanol–water partition coefficient (Wildman–Crippen LogP) is 1.04. The lowest BCUT2D eigenvalue weighted by Gasteiger charge is -2.26. The van der Waals surface area contributed by atoms with E-state index in [1.54, 1.807) is 5.01 Å². The second-order valence-corrected chi connectivity index (χ2v) is 5.65. The molecule has 14 heavy (non-hydrogen) atoms. The SMILES string of the molecule is CC(C)C(=O)C1C2C(CN1N)C2(C)C. The van der Waals surface area contributed by atoms with E-state index in [-0.39, 0.29) is 12.0 Å². The molecule has 2 aliphatic rings. The number of hydrazine groups is 1. The van der Waals surface area contributed by atoms with Gasteiger partial charge in [-0.1, -0.05) is 27.7 Å². The summed E-state index contributed by atoms with van der Waals surface area (Å²) in [4.78, 5) is 12.0. The third-order valence-corrected chi connectivity index (χ3v) is 4.10. The summed E-state index contributed by atoms with van der Waals surface area (Å²) < 4.78 is 0. The molecule has 3 nitrogen and oxygen atoms in total. The molecule has 3 unspecified atom stereocenters. The summed E-state index contributed by atoms with van der Waals surface area (Å²) in [6.45, 7) is 9.30. The van der Waals surface area contributed by atoms with E-state index in [2.05, 4.69) is 13.8 Å². The van der Waals surface area contributed by atoms with Gasteiger partial charge in [0, 0.05) is 12.5 Å². The summed E-state index contributed by atoms with van der Waals surface area (Å²) in [5.74, 6) is 7.42. The molecule has 0 aromatic carbocycles. The minimum Gasteiger partial charge on any atom is -0.298 e. The van der Waals surface area contributed by atoms with Crippen molar-refractivity contribution in [2.24, 2.45) is 29.0 Å². The normalized spacial score (nSPS) is 40.0. The van der Waals surface area contributed by atoms with Gasteiger partial charge in [0.05, 0.1) is 6.04 Å². The molecule has 0 bridgehead atoms. The Kier molecular flexibility index (Phi) is 2.02. The molecule has 1 aliphatic heterocycles. The van der Waals surface area contributed by atoms with Crippen LogP contribution in [0.5, 0.6) is 0 Å². The highest BCUT2D eigenvalue weighted by atomic mass is 16.1. The van der Waals surface area contributed by atoms with Crippen LogP contribution in [0.3, 0.4) is 0 Å². The smallest absolute Gasteiger partial charge is 0.154 e. The number of rotatable bonds is 2. The van der Waals surface area contributed by atoms with Crippen molar-refractivity contribution >= 4 is 5.78 Å². The van der Waals surface area contributed by atoms with E-state index in [1.807, 2.05) is 13.8 Å². The number of fused-ring (bicyclic) bond motifs is 1. The van der Waals surface area contributed by atoms with Gasteiger partial charge in [-0.2, -0.15) is 0 Å². The molecule has 2 rings (SSSR count). The van der Waals surface area contributed by atoms with Gasteiger partial charge in [-0.05, 0) is 17.3 Å². The number of nitrogens with zero attached hydrogens (tertiary/aromatic N) is 1. The number of hydrogen-bond acceptors (Lipinski definition) is 3. The third-order valence-electron chi connectivity index (χ3n) is 4.10. The molecular formula is C11H20N2O. The van der Waals surface area contributed by atoms with Crippen LogP contribution in [0.25, 0.3) is 0 Å². The number of piperidine rings is 1. The van der Waals surface area contributed by atoms with Crippen LogP contribution in [-0.2, 0) is 4.79 Å². The molecule has 1 saturated carbocycles. The first-order chi connectivity index (χ1) is 6.37. The number of carbonyl (C=O) groups excluding carboxylic acids is 1. The van der Waals surface area contributed by atoms with Crippen LogP contribution in [0.4, 0.5) is 0 Å². The lowest BCUT2D eigenvalue weighted by molar-refractivity contribution is -0.127. The summed E-state index contributed by atoms with van der Waals surface area (Å²) in [5.41, 5.74) is 0.338. The summed E-state index contributed by atoms with van der Waals surface area (Å²) in [5, 5.41) is 1.75. The highest BCUT2D eigenvalue weighted by Crippen LogP contribution is 2.64. The van der Waals surface area contributed by atoms with E-state index in [9.17, 15) is 4.79 Å². The monoisotopic (exact) mass is 196 g/mol. The fourth-order valence-electron chi connectivity index (χ4n) is 2.99. The molecular weight excluding hydrogens is 176 g/mol. The van der Waals surface area contributed by atoms with E-state index in [0.29, 0.717) is 23.0 Å². The van der Waals surface area contributed by atoms with Gasteiger partial charge in [-0.25, -0.2) is 5.01 Å². The number of ketones is 1. The molecule has 1 saturated heterocycles. The summed E-state index contributed by atoms with van der Waals surface area (Å²) in [6.07, 6.45) is 0. The molecule has 0 aromatic rings. The van der Waals surface area contributed by atoms with Gasteiger partial charge < -0.3 is 0 Å². The molecule has 0 radical (unpaired) electrons. The second-order valence-electron chi connectivity index (χ2n) is 5.65. The first-order valence-corrected chi connectivity index (χ1v) is 5.42. The molecule has 3 heteroatoms. The van der Waals surface area contributed by atoms with Crippen LogP contribution in [0.1, 0.15) is 27.7 Å². The Bertz CT molecular complexity index is 272. The minimum atomic E-state index is -0.0185. The Morgan fingerprint density at radius 2 is 2.07 bits per heavy atom. The maximum absolute atomic E-state index is 12.0. The van der Waals surface area contributed by atoms with E-state index in [0.717, 1.165) is 6.54 Å². The van der Waals surface area contributed by atoms with E-state index < -0.39 is 0 Å². The number of Topliss-reactive ketones (excluding diaryl/α,β-unsaturated/α-hetero) is 1. The van der Waals surface area contributed by atoms with Crippen molar-refractivity contribution in [3.8, 4) is 0 Å². The van der Waals surface area contributed by atoms with Gasteiger partial charge in [0.1, 0.15) is 0 Å². The fraction of sp³-hybridized carbons (Fsp3) is 0.909. The standard InChI is InChI=1S/C11H20N2O/c1-6(2)10(14)9-8-7(5-13(9)12)11(8,3)4/h6-9H,5,12H2,1-4H3. The molecule has 0 aromatic heterocycles. The van der Waals surface area contributed by atoms with Crippen molar-refractivity contribution in [1.82, 2.24) is 5.01 Å². The fourth-order valence-corrected chi connectivity index (χ4v) is 2.99. The van der Waals surface area contributed by atoms with E-state index in [4.69, 9.17) is 5.84 Å². The van der Waals surface area contributed by atoms with Gasteiger partial charge in [0.15, 0.2) is 5.78 Å². The van der Waals surface area contributed by atoms with E-state index >= 15 is 0 Å². The van der Waals surface area contributed by atoms with Gasteiger partial charge in [-0.15, -0.1) is 0 Å². The van der Waals surface area contributed by atoms with Crippen LogP contribution in [0, 0.1) is 23.2 Å². The molecule has 1 aliphatic carbocycles. The van der Waals surface area contributed by atoms with Crippen LogP contribution < -0.4 is 5.84 Å². The molecule has 0 spiro atoms. The minimum absolute atomic E-state index is 0.0185. The number of carbonyl (C=O) groups is 1. The van der Waals surface area contributed by atoms with Crippen molar-refractivity contribution in [3.63, 3.8) is 0 Å². The second kappa shape index (κ2) is 2.80. The zero-order valence-electron chi connectivity index (χ0n) is 9.45.